The van der Waals surface area contributed by atoms with Crippen molar-refractivity contribution in [2.75, 3.05) is 13.2 Å². The van der Waals surface area contributed by atoms with Gasteiger partial charge in [-0.1, -0.05) is 12.1 Å². The summed E-state index contributed by atoms with van der Waals surface area (Å²) in [4.78, 5) is 16.6. The van der Waals surface area contributed by atoms with E-state index in [0.717, 1.165) is 29.1 Å². The second-order valence-corrected chi connectivity index (χ2v) is 5.59. The number of nitrogens with zero attached hydrogens (tertiary/aromatic N) is 2. The first-order valence-electron chi connectivity index (χ1n) is 7.90. The molecule has 3 heterocycles. The molecule has 0 unspecified atom stereocenters. The van der Waals surface area contributed by atoms with Crippen LogP contribution in [-0.2, 0) is 6.54 Å². The van der Waals surface area contributed by atoms with E-state index in [1.54, 1.807) is 18.3 Å². The average molecular weight is 323 g/mol. The van der Waals surface area contributed by atoms with Crippen LogP contribution < -0.4 is 14.8 Å². The highest BCUT2D eigenvalue weighted by Gasteiger charge is 2.15. The molecule has 0 saturated carbocycles. The Morgan fingerprint density at radius 2 is 2.12 bits per heavy atom. The molecule has 0 radical (unpaired) electrons. The number of hydrogen-bond donors (Lipinski definition) is 1. The summed E-state index contributed by atoms with van der Waals surface area (Å²) < 4.78 is 13.3. The molecule has 122 valence electrons. The molecule has 24 heavy (non-hydrogen) atoms. The highest BCUT2D eigenvalue weighted by Crippen LogP contribution is 2.33. The number of fused-ring (bicyclic) bond motifs is 2. The molecule has 0 saturated heterocycles. The van der Waals surface area contributed by atoms with Crippen molar-refractivity contribution in [3.8, 4) is 11.5 Å². The van der Waals surface area contributed by atoms with Crippen LogP contribution in [0.5, 0.6) is 11.5 Å². The van der Waals surface area contributed by atoms with Gasteiger partial charge in [-0.2, -0.15) is 0 Å². The number of para-hydroxylation sites is 1. The number of hydrogen-bond acceptors (Lipinski definition) is 4. The van der Waals surface area contributed by atoms with Crippen molar-refractivity contribution in [2.24, 2.45) is 0 Å². The Labute approximate surface area is 139 Å². The van der Waals surface area contributed by atoms with Gasteiger partial charge in [0.1, 0.15) is 5.65 Å². The molecule has 4 rings (SSSR count). The molecule has 0 atom stereocenters. The Morgan fingerprint density at radius 1 is 1.21 bits per heavy atom. The third-order valence-corrected chi connectivity index (χ3v) is 3.95. The fourth-order valence-electron chi connectivity index (χ4n) is 2.72. The van der Waals surface area contributed by atoms with Crippen molar-refractivity contribution < 1.29 is 14.3 Å². The van der Waals surface area contributed by atoms with Crippen LogP contribution in [0.1, 0.15) is 22.3 Å². The Balaban J connectivity index is 1.51. The number of pyridine rings is 1. The number of nitrogens with one attached hydrogen (secondary N) is 1. The van der Waals surface area contributed by atoms with Crippen LogP contribution in [0.25, 0.3) is 5.65 Å². The summed E-state index contributed by atoms with van der Waals surface area (Å²) in [6, 6.07) is 9.27. The van der Waals surface area contributed by atoms with Gasteiger partial charge in [0.25, 0.3) is 5.91 Å². The van der Waals surface area contributed by atoms with Gasteiger partial charge in [0.15, 0.2) is 11.5 Å². The first-order chi connectivity index (χ1) is 11.8. The lowest BCUT2D eigenvalue weighted by Gasteiger charge is -2.13. The zero-order chi connectivity index (χ0) is 16.4. The number of benzene rings is 1. The highest BCUT2D eigenvalue weighted by atomic mass is 16.5. The monoisotopic (exact) mass is 323 g/mol. The van der Waals surface area contributed by atoms with E-state index < -0.39 is 0 Å². The molecule has 1 aliphatic heterocycles. The van der Waals surface area contributed by atoms with Crippen LogP contribution in [0, 0.1) is 0 Å². The first-order valence-corrected chi connectivity index (χ1v) is 7.90. The van der Waals surface area contributed by atoms with Gasteiger partial charge in [-0.05, 0) is 18.2 Å². The highest BCUT2D eigenvalue weighted by molar-refractivity contribution is 5.95. The fourth-order valence-corrected chi connectivity index (χ4v) is 2.72. The van der Waals surface area contributed by atoms with Gasteiger partial charge < -0.3 is 19.2 Å². The zero-order valence-electron chi connectivity index (χ0n) is 13.1. The lowest BCUT2D eigenvalue weighted by molar-refractivity contribution is 0.0950. The molecule has 1 aliphatic rings. The quantitative estimate of drug-likeness (QED) is 0.804. The number of imidazole rings is 1. The Morgan fingerprint density at radius 3 is 3.08 bits per heavy atom. The van der Waals surface area contributed by atoms with Crippen LogP contribution in [0.3, 0.4) is 0 Å². The van der Waals surface area contributed by atoms with E-state index >= 15 is 0 Å². The fraction of sp³-hybridized carbons (Fsp3) is 0.222. The third-order valence-electron chi connectivity index (χ3n) is 3.95. The van der Waals surface area contributed by atoms with Crippen LogP contribution >= 0.6 is 0 Å². The summed E-state index contributed by atoms with van der Waals surface area (Å²) in [6.45, 7) is 1.65. The van der Waals surface area contributed by atoms with Crippen molar-refractivity contribution in [1.29, 1.82) is 0 Å². The number of rotatable bonds is 3. The zero-order valence-corrected chi connectivity index (χ0v) is 13.1. The van der Waals surface area contributed by atoms with Gasteiger partial charge in [0, 0.05) is 42.7 Å². The molecule has 0 spiro atoms. The van der Waals surface area contributed by atoms with E-state index in [9.17, 15) is 4.79 Å². The van der Waals surface area contributed by atoms with Crippen LogP contribution in [0.15, 0.2) is 48.9 Å². The Hall–Kier alpha value is -3.02. The average Bonchev–Trinajstić information content (AvgIpc) is 2.95. The summed E-state index contributed by atoms with van der Waals surface area (Å²) in [5.41, 5.74) is 2.23. The summed E-state index contributed by atoms with van der Waals surface area (Å²) in [5.74, 6) is 1.31. The summed E-state index contributed by atoms with van der Waals surface area (Å²) >= 11 is 0. The number of carbonyl (C=O) groups excluding carboxylic acids is 1. The van der Waals surface area contributed by atoms with Gasteiger partial charge in [0.2, 0.25) is 0 Å². The standard InChI is InChI=1S/C18H17N3O3/c22-18(13-5-7-21-8-6-19-16(21)11-13)20-12-14-3-1-4-15-17(14)24-10-2-9-23-15/h1,3-8,11H,2,9-10,12H2,(H,20,22). The number of ether oxygens (including phenoxy) is 2. The largest absolute Gasteiger partial charge is 0.490 e. The summed E-state index contributed by atoms with van der Waals surface area (Å²) in [6.07, 6.45) is 6.22. The maximum atomic E-state index is 12.4. The molecular weight excluding hydrogens is 306 g/mol. The van der Waals surface area contributed by atoms with E-state index in [-0.39, 0.29) is 5.91 Å². The molecule has 1 amide bonds. The molecule has 6 heteroatoms. The van der Waals surface area contributed by atoms with Crippen molar-refractivity contribution in [1.82, 2.24) is 14.7 Å². The Kier molecular flexibility index (Phi) is 3.78. The SMILES string of the molecule is O=C(NCc1cccc2c1OCCCO2)c1ccn2ccnc2c1. The number of carbonyl (C=O) groups is 1. The Bertz CT molecular complexity index is 888. The molecule has 0 bridgehead atoms. The normalized spacial score (nSPS) is 13.5. The lowest BCUT2D eigenvalue weighted by atomic mass is 10.1. The molecular formula is C18H17N3O3. The van der Waals surface area contributed by atoms with Crippen LogP contribution in [0.2, 0.25) is 0 Å². The van der Waals surface area contributed by atoms with Crippen LogP contribution in [0.4, 0.5) is 0 Å². The van der Waals surface area contributed by atoms with Crippen molar-refractivity contribution in [3.05, 3.63) is 60.0 Å². The van der Waals surface area contributed by atoms with E-state index in [2.05, 4.69) is 10.3 Å². The van der Waals surface area contributed by atoms with Gasteiger partial charge in [-0.3, -0.25) is 4.79 Å². The topological polar surface area (TPSA) is 64.9 Å². The molecule has 0 aliphatic carbocycles. The van der Waals surface area contributed by atoms with Gasteiger partial charge in [0.05, 0.1) is 13.2 Å². The predicted molar refractivity (Wildman–Crippen MR) is 88.4 cm³/mol. The molecule has 1 N–H and O–H groups in total. The van der Waals surface area contributed by atoms with E-state index in [0.29, 0.717) is 25.3 Å². The predicted octanol–water partition coefficient (Wildman–Crippen LogP) is 2.43. The third kappa shape index (κ3) is 2.78. The minimum Gasteiger partial charge on any atom is -0.490 e. The number of amides is 1. The maximum absolute atomic E-state index is 12.4. The second kappa shape index (κ2) is 6.23. The molecule has 2 aromatic heterocycles. The van der Waals surface area contributed by atoms with Crippen molar-refractivity contribution in [3.63, 3.8) is 0 Å². The molecule has 1 aromatic carbocycles. The van der Waals surface area contributed by atoms with Gasteiger partial charge >= 0.3 is 0 Å². The summed E-state index contributed by atoms with van der Waals surface area (Å²) in [7, 11) is 0. The van der Waals surface area contributed by atoms with E-state index in [1.165, 1.54) is 0 Å². The molecule has 6 nitrogen and oxygen atoms in total. The number of aromatic nitrogens is 2. The van der Waals surface area contributed by atoms with Crippen LogP contribution in [-0.4, -0.2) is 28.5 Å². The second-order valence-electron chi connectivity index (χ2n) is 5.59. The van der Waals surface area contributed by atoms with Gasteiger partial charge in [-0.25, -0.2) is 4.98 Å². The first kappa shape index (κ1) is 14.6. The minimum absolute atomic E-state index is 0.146. The maximum Gasteiger partial charge on any atom is 0.251 e. The van der Waals surface area contributed by atoms with E-state index in [4.69, 9.17) is 9.47 Å². The summed E-state index contributed by atoms with van der Waals surface area (Å²) in [5, 5.41) is 2.93. The minimum atomic E-state index is -0.146. The van der Waals surface area contributed by atoms with Crippen molar-refractivity contribution >= 4 is 11.6 Å². The molecule has 0 fully saturated rings. The smallest absolute Gasteiger partial charge is 0.251 e. The van der Waals surface area contributed by atoms with E-state index in [1.807, 2.05) is 35.0 Å². The lowest BCUT2D eigenvalue weighted by Crippen LogP contribution is -2.23. The van der Waals surface area contributed by atoms with Gasteiger partial charge in [-0.15, -0.1) is 0 Å². The van der Waals surface area contributed by atoms with Crippen molar-refractivity contribution in [2.45, 2.75) is 13.0 Å². The molecule has 3 aromatic rings.